The third-order valence-electron chi connectivity index (χ3n) is 5.25. The Morgan fingerprint density at radius 2 is 2.14 bits per heavy atom. The van der Waals surface area contributed by atoms with Gasteiger partial charge in [0.1, 0.15) is 11.0 Å². The maximum absolute atomic E-state index is 12.8. The van der Waals surface area contributed by atoms with Gasteiger partial charge in [0.05, 0.1) is 18.6 Å². The monoisotopic (exact) mass is 299 g/mol. The number of carbonyl (C=O) groups excluding carboxylic acids is 1. The maximum atomic E-state index is 12.8. The van der Waals surface area contributed by atoms with Crippen molar-refractivity contribution >= 4 is 11.9 Å². The molecule has 1 spiro atoms. The highest BCUT2D eigenvalue weighted by Crippen LogP contribution is 2.58. The highest BCUT2D eigenvalue weighted by molar-refractivity contribution is 5.93. The highest BCUT2D eigenvalue weighted by Gasteiger charge is 2.72. The van der Waals surface area contributed by atoms with Crippen molar-refractivity contribution in [1.29, 1.82) is 0 Å². The van der Waals surface area contributed by atoms with Gasteiger partial charge in [-0.25, -0.2) is 0 Å². The van der Waals surface area contributed by atoms with Gasteiger partial charge in [-0.2, -0.15) is 0 Å². The van der Waals surface area contributed by atoms with E-state index in [1.807, 2.05) is 36.4 Å². The molecule has 114 valence electrons. The van der Waals surface area contributed by atoms with E-state index in [1.165, 1.54) is 0 Å². The van der Waals surface area contributed by atoms with E-state index in [4.69, 9.17) is 4.74 Å². The zero-order valence-corrected chi connectivity index (χ0v) is 12.2. The summed E-state index contributed by atoms with van der Waals surface area (Å²) >= 11 is 0. The number of benzene rings is 1. The number of nitrogens with zero attached hydrogens (tertiary/aromatic N) is 1. The van der Waals surface area contributed by atoms with Crippen LogP contribution in [0.15, 0.2) is 42.5 Å². The Balaban J connectivity index is 1.68. The molecule has 1 aromatic rings. The lowest BCUT2D eigenvalue weighted by atomic mass is 9.66. The number of amides is 1. The molecule has 3 heterocycles. The van der Waals surface area contributed by atoms with Crippen LogP contribution in [0, 0.1) is 11.3 Å². The van der Waals surface area contributed by atoms with Crippen molar-refractivity contribution in [3.05, 3.63) is 48.0 Å². The fraction of sp³-hybridized carbons (Fsp3) is 0.412. The summed E-state index contributed by atoms with van der Waals surface area (Å²) in [6.07, 6.45) is 3.16. The molecular weight excluding hydrogens is 282 g/mol. The first kappa shape index (κ1) is 13.5. The summed E-state index contributed by atoms with van der Waals surface area (Å²) in [5.41, 5.74) is -0.927. The standard InChI is InChI=1S/C17H17NO4/c1-16(15(20)21)12-7-8-17(22-12)10-18(14(19)13(16)17)9-11-5-3-2-4-6-11/h2-8,12-13H,9-10H2,1H3,(H,20,21)/t12-,13+,16-,17-/m0/s1. The molecule has 2 saturated heterocycles. The number of likely N-dealkylation sites (tertiary alicyclic amines) is 1. The average molecular weight is 299 g/mol. The first-order valence-electron chi connectivity index (χ1n) is 7.41. The Kier molecular flexibility index (Phi) is 2.58. The van der Waals surface area contributed by atoms with Crippen molar-refractivity contribution in [2.45, 2.75) is 25.2 Å². The van der Waals surface area contributed by atoms with Crippen LogP contribution in [0.5, 0.6) is 0 Å². The summed E-state index contributed by atoms with van der Waals surface area (Å²) in [6.45, 7) is 2.52. The lowest BCUT2D eigenvalue weighted by Gasteiger charge is -2.30. The van der Waals surface area contributed by atoms with Crippen LogP contribution in [0.25, 0.3) is 0 Å². The van der Waals surface area contributed by atoms with Crippen LogP contribution in [0.4, 0.5) is 0 Å². The van der Waals surface area contributed by atoms with Gasteiger partial charge in [-0.05, 0) is 12.5 Å². The molecule has 0 saturated carbocycles. The minimum atomic E-state index is -1.18. The first-order valence-corrected chi connectivity index (χ1v) is 7.41. The Morgan fingerprint density at radius 1 is 1.41 bits per heavy atom. The summed E-state index contributed by atoms with van der Waals surface area (Å²) in [4.78, 5) is 26.3. The molecule has 4 rings (SSSR count). The minimum Gasteiger partial charge on any atom is -0.481 e. The van der Waals surface area contributed by atoms with Gasteiger partial charge in [0.15, 0.2) is 0 Å². The van der Waals surface area contributed by atoms with Crippen LogP contribution in [-0.2, 0) is 20.9 Å². The minimum absolute atomic E-state index is 0.124. The molecule has 2 fully saturated rings. The van der Waals surface area contributed by atoms with E-state index >= 15 is 0 Å². The second kappa shape index (κ2) is 4.20. The fourth-order valence-electron chi connectivity index (χ4n) is 4.11. The quantitative estimate of drug-likeness (QED) is 0.858. The fourth-order valence-corrected chi connectivity index (χ4v) is 4.11. The van der Waals surface area contributed by atoms with Crippen LogP contribution in [0.3, 0.4) is 0 Å². The number of hydrogen-bond donors (Lipinski definition) is 1. The van der Waals surface area contributed by atoms with Gasteiger partial charge in [-0.15, -0.1) is 0 Å². The van der Waals surface area contributed by atoms with Gasteiger partial charge in [0.25, 0.3) is 0 Å². The topological polar surface area (TPSA) is 66.8 Å². The molecule has 4 atom stereocenters. The average Bonchev–Trinajstić information content (AvgIpc) is 3.10. The van der Waals surface area contributed by atoms with E-state index in [1.54, 1.807) is 17.9 Å². The summed E-state index contributed by atoms with van der Waals surface area (Å²) in [5.74, 6) is -1.74. The number of carbonyl (C=O) groups is 2. The Bertz CT molecular complexity index is 685. The maximum Gasteiger partial charge on any atom is 0.313 e. The summed E-state index contributed by atoms with van der Waals surface area (Å²) in [5, 5.41) is 9.65. The molecule has 5 nitrogen and oxygen atoms in total. The Morgan fingerprint density at radius 3 is 2.82 bits per heavy atom. The summed E-state index contributed by atoms with van der Waals surface area (Å²) in [6, 6.07) is 9.71. The van der Waals surface area contributed by atoms with E-state index in [9.17, 15) is 14.7 Å². The number of fused-ring (bicyclic) bond motifs is 1. The zero-order chi connectivity index (χ0) is 15.5. The van der Waals surface area contributed by atoms with Gasteiger partial charge in [-0.1, -0.05) is 42.5 Å². The largest absolute Gasteiger partial charge is 0.481 e. The number of aliphatic carboxylic acids is 1. The van der Waals surface area contributed by atoms with Gasteiger partial charge in [0, 0.05) is 6.54 Å². The van der Waals surface area contributed by atoms with Crippen molar-refractivity contribution in [1.82, 2.24) is 4.90 Å². The molecule has 0 radical (unpaired) electrons. The SMILES string of the molecule is C[C@]1(C(=O)O)[C@@H]2C=C[C@@]3(CN(Cc4ccccc4)C(=O)[C@H]13)O2. The number of ether oxygens (including phenoxy) is 1. The van der Waals surface area contributed by atoms with Gasteiger partial charge >= 0.3 is 5.97 Å². The molecule has 2 bridgehead atoms. The van der Waals surface area contributed by atoms with Crippen LogP contribution < -0.4 is 0 Å². The molecule has 0 aromatic heterocycles. The van der Waals surface area contributed by atoms with Crippen molar-refractivity contribution in [3.8, 4) is 0 Å². The van der Waals surface area contributed by atoms with E-state index in [-0.39, 0.29) is 5.91 Å². The van der Waals surface area contributed by atoms with E-state index in [0.29, 0.717) is 13.1 Å². The number of carboxylic acids is 1. The van der Waals surface area contributed by atoms with Crippen LogP contribution in [0.1, 0.15) is 12.5 Å². The molecule has 5 heteroatoms. The van der Waals surface area contributed by atoms with Gasteiger partial charge in [-0.3, -0.25) is 9.59 Å². The zero-order valence-electron chi connectivity index (χ0n) is 12.2. The molecule has 1 N–H and O–H groups in total. The molecule has 3 aliphatic rings. The van der Waals surface area contributed by atoms with Crippen molar-refractivity contribution in [3.63, 3.8) is 0 Å². The lowest BCUT2D eigenvalue weighted by molar-refractivity contribution is -0.156. The molecule has 22 heavy (non-hydrogen) atoms. The van der Waals surface area contributed by atoms with Crippen LogP contribution in [-0.4, -0.2) is 40.1 Å². The highest BCUT2D eigenvalue weighted by atomic mass is 16.5. The molecule has 0 aliphatic carbocycles. The predicted molar refractivity (Wildman–Crippen MR) is 77.8 cm³/mol. The molecular formula is C17H17NO4. The number of carboxylic acid groups (broad SMARTS) is 1. The lowest BCUT2D eigenvalue weighted by Crippen LogP contribution is -2.47. The van der Waals surface area contributed by atoms with Gasteiger partial charge < -0.3 is 14.7 Å². The predicted octanol–water partition coefficient (Wildman–Crippen LogP) is 1.44. The first-order chi connectivity index (χ1) is 10.5. The second-order valence-electron chi connectivity index (χ2n) is 6.55. The van der Waals surface area contributed by atoms with Crippen LogP contribution in [0.2, 0.25) is 0 Å². The molecule has 1 amide bonds. The van der Waals surface area contributed by atoms with Gasteiger partial charge in [0.2, 0.25) is 5.91 Å². The van der Waals surface area contributed by atoms with E-state index in [0.717, 1.165) is 5.56 Å². The third-order valence-corrected chi connectivity index (χ3v) is 5.25. The molecule has 1 aromatic carbocycles. The van der Waals surface area contributed by atoms with Crippen molar-refractivity contribution < 1.29 is 19.4 Å². The number of rotatable bonds is 3. The summed E-state index contributed by atoms with van der Waals surface area (Å²) in [7, 11) is 0. The molecule has 3 aliphatic heterocycles. The van der Waals surface area contributed by atoms with Crippen molar-refractivity contribution in [2.24, 2.45) is 11.3 Å². The van der Waals surface area contributed by atoms with Crippen molar-refractivity contribution in [2.75, 3.05) is 6.54 Å². The smallest absolute Gasteiger partial charge is 0.313 e. The second-order valence-corrected chi connectivity index (χ2v) is 6.55. The van der Waals surface area contributed by atoms with E-state index < -0.39 is 29.0 Å². The normalized spacial score (nSPS) is 38.6. The third kappa shape index (κ3) is 1.52. The van der Waals surface area contributed by atoms with E-state index in [2.05, 4.69) is 0 Å². The van der Waals surface area contributed by atoms with Crippen LogP contribution >= 0.6 is 0 Å². The molecule has 0 unspecified atom stereocenters. The summed E-state index contributed by atoms with van der Waals surface area (Å²) < 4.78 is 5.94. The Hall–Kier alpha value is -2.14. The number of hydrogen-bond acceptors (Lipinski definition) is 3. The Labute approximate surface area is 128 Å².